The van der Waals surface area contributed by atoms with Crippen LogP contribution in [0.4, 0.5) is 0 Å². The van der Waals surface area contributed by atoms with Gasteiger partial charge < -0.3 is 15.2 Å². The molecule has 0 bridgehead atoms. The van der Waals surface area contributed by atoms with Crippen molar-refractivity contribution in [1.29, 1.82) is 0 Å². The van der Waals surface area contributed by atoms with Crippen LogP contribution in [0.5, 0.6) is 0 Å². The Morgan fingerprint density at radius 3 is 2.79 bits per heavy atom. The Morgan fingerprint density at radius 2 is 2.29 bits per heavy atom. The van der Waals surface area contributed by atoms with Gasteiger partial charge in [0.1, 0.15) is 0 Å². The molecule has 0 aromatic rings. The van der Waals surface area contributed by atoms with E-state index >= 15 is 0 Å². The first kappa shape index (κ1) is 10.7. The Hall–Kier alpha value is -1.37. The minimum absolute atomic E-state index is 0.147. The summed E-state index contributed by atoms with van der Waals surface area (Å²) < 4.78 is 0. The van der Waals surface area contributed by atoms with E-state index in [2.05, 4.69) is 10.3 Å². The Morgan fingerprint density at radius 1 is 1.64 bits per heavy atom. The monoisotopic (exact) mass is 215 g/mol. The average molecular weight is 215 g/mol. The molecule has 1 rings (SSSR count). The number of nitrogens with one attached hydrogen (secondary N) is 1. The third-order valence-corrected chi connectivity index (χ3v) is 2.45. The quantitative estimate of drug-likeness (QED) is 0.589. The molecule has 0 spiro atoms. The molecule has 7 heteroatoms. The molecular formula is C7H7N2O4S-. The first-order valence-corrected chi connectivity index (χ1v) is 4.63. The van der Waals surface area contributed by atoms with Crippen molar-refractivity contribution in [3.63, 3.8) is 0 Å². The maximum Gasteiger partial charge on any atom is 0.262 e. The molecule has 14 heavy (non-hydrogen) atoms. The number of aliphatic carboxylic acids is 1. The molecule has 1 N–H and O–H groups in total. The highest BCUT2D eigenvalue weighted by molar-refractivity contribution is 8.15. The summed E-state index contributed by atoms with van der Waals surface area (Å²) in [7, 11) is 0. The van der Waals surface area contributed by atoms with E-state index in [0.29, 0.717) is 0 Å². The van der Waals surface area contributed by atoms with Gasteiger partial charge in [0.2, 0.25) is 5.91 Å². The fourth-order valence-corrected chi connectivity index (χ4v) is 1.86. The smallest absolute Gasteiger partial charge is 0.262 e. The summed E-state index contributed by atoms with van der Waals surface area (Å²) in [6.07, 6.45) is -0.393. The highest BCUT2D eigenvalue weighted by atomic mass is 32.2. The minimum Gasteiger partial charge on any atom is -0.550 e. The van der Waals surface area contributed by atoms with Crippen molar-refractivity contribution >= 4 is 34.7 Å². The van der Waals surface area contributed by atoms with Crippen molar-refractivity contribution < 1.29 is 19.5 Å². The lowest BCUT2D eigenvalue weighted by Gasteiger charge is -2.06. The Bertz CT molecular complexity index is 326. The van der Waals surface area contributed by atoms with Crippen LogP contribution in [0.3, 0.4) is 0 Å². The van der Waals surface area contributed by atoms with Crippen LogP contribution in [0.25, 0.3) is 0 Å². The Labute approximate surface area is 83.8 Å². The predicted octanol–water partition coefficient (Wildman–Crippen LogP) is -1.74. The van der Waals surface area contributed by atoms with Crippen molar-refractivity contribution in [1.82, 2.24) is 5.32 Å². The summed E-state index contributed by atoms with van der Waals surface area (Å²) in [5, 5.41) is 11.9. The maximum absolute atomic E-state index is 11.1. The lowest BCUT2D eigenvalue weighted by atomic mass is 10.3. The molecule has 1 aliphatic rings. The zero-order valence-electron chi connectivity index (χ0n) is 7.27. The molecule has 1 atom stereocenters. The van der Waals surface area contributed by atoms with E-state index in [0.717, 1.165) is 11.8 Å². The highest BCUT2D eigenvalue weighted by Crippen LogP contribution is 2.23. The molecule has 0 aliphatic carbocycles. The average Bonchev–Trinajstić information content (AvgIpc) is 2.28. The first-order valence-electron chi connectivity index (χ1n) is 3.75. The van der Waals surface area contributed by atoms with Crippen LogP contribution in [0, 0.1) is 0 Å². The zero-order chi connectivity index (χ0) is 10.7. The second kappa shape index (κ2) is 4.23. The van der Waals surface area contributed by atoms with Crippen LogP contribution in [0.1, 0.15) is 13.3 Å². The van der Waals surface area contributed by atoms with Crippen LogP contribution < -0.4 is 10.4 Å². The molecule has 6 nitrogen and oxygen atoms in total. The zero-order valence-corrected chi connectivity index (χ0v) is 8.09. The van der Waals surface area contributed by atoms with Crippen molar-refractivity contribution in [3.8, 4) is 0 Å². The summed E-state index contributed by atoms with van der Waals surface area (Å²) in [6.45, 7) is 1.28. The van der Waals surface area contributed by atoms with Gasteiger partial charge in [0, 0.05) is 19.3 Å². The molecule has 0 fully saturated rings. The van der Waals surface area contributed by atoms with E-state index in [9.17, 15) is 19.5 Å². The second-order valence-electron chi connectivity index (χ2n) is 2.62. The van der Waals surface area contributed by atoms with Crippen LogP contribution in [-0.4, -0.2) is 28.2 Å². The van der Waals surface area contributed by atoms with Crippen LogP contribution in [-0.2, 0) is 14.4 Å². The number of amides is 2. The molecule has 76 valence electrons. The number of carboxylic acids is 1. The van der Waals surface area contributed by atoms with Gasteiger partial charge in [0.25, 0.3) is 5.91 Å². The molecule has 0 saturated carbocycles. The third-order valence-electron chi connectivity index (χ3n) is 1.38. The number of amidine groups is 1. The van der Waals surface area contributed by atoms with E-state index in [4.69, 9.17) is 0 Å². The fraction of sp³-hybridized carbons (Fsp3) is 0.429. The predicted molar refractivity (Wildman–Crippen MR) is 47.3 cm³/mol. The van der Waals surface area contributed by atoms with Gasteiger partial charge in [-0.05, 0) is 0 Å². The van der Waals surface area contributed by atoms with Gasteiger partial charge in [-0.1, -0.05) is 11.8 Å². The first-order chi connectivity index (χ1) is 6.49. The minimum atomic E-state index is -1.31. The van der Waals surface area contributed by atoms with E-state index < -0.39 is 23.5 Å². The second-order valence-corrected chi connectivity index (χ2v) is 3.81. The number of carbonyl (C=O) groups is 3. The topological polar surface area (TPSA) is 98.7 Å². The number of carboxylic acid groups (broad SMARTS) is 1. The van der Waals surface area contributed by atoms with Crippen molar-refractivity contribution in [2.24, 2.45) is 4.99 Å². The number of nitrogens with zero attached hydrogens (tertiary/aromatic N) is 1. The molecular weight excluding hydrogens is 208 g/mol. The third kappa shape index (κ3) is 2.84. The van der Waals surface area contributed by atoms with Crippen LogP contribution in [0.2, 0.25) is 0 Å². The van der Waals surface area contributed by atoms with Crippen molar-refractivity contribution in [2.75, 3.05) is 0 Å². The maximum atomic E-state index is 11.1. The molecule has 2 amide bonds. The largest absolute Gasteiger partial charge is 0.550 e. The van der Waals surface area contributed by atoms with Crippen molar-refractivity contribution in [2.45, 2.75) is 18.6 Å². The molecule has 1 heterocycles. The van der Waals surface area contributed by atoms with Gasteiger partial charge in [0.05, 0.1) is 5.25 Å². The molecule has 0 saturated heterocycles. The number of hydrogen-bond acceptors (Lipinski definition) is 5. The molecule has 0 radical (unpaired) electrons. The number of thioether (sulfide) groups is 1. The molecule has 0 unspecified atom stereocenters. The van der Waals surface area contributed by atoms with Crippen LogP contribution >= 0.6 is 11.8 Å². The lowest BCUT2D eigenvalue weighted by Crippen LogP contribution is -2.29. The van der Waals surface area contributed by atoms with E-state index in [1.165, 1.54) is 6.92 Å². The molecule has 0 aromatic heterocycles. The lowest BCUT2D eigenvalue weighted by molar-refractivity contribution is -0.305. The fourth-order valence-electron chi connectivity index (χ4n) is 0.872. The number of hydrogen-bond donors (Lipinski definition) is 1. The molecule has 1 aliphatic heterocycles. The van der Waals surface area contributed by atoms with Gasteiger partial charge in [-0.2, -0.15) is 4.99 Å². The summed E-state index contributed by atoms with van der Waals surface area (Å²) >= 11 is 0.923. The summed E-state index contributed by atoms with van der Waals surface area (Å²) in [5.41, 5.74) is 0. The number of aliphatic imine (C=N–C) groups is 1. The van der Waals surface area contributed by atoms with Crippen molar-refractivity contribution in [3.05, 3.63) is 0 Å². The van der Waals surface area contributed by atoms with Gasteiger partial charge >= 0.3 is 0 Å². The standard InChI is InChI=1S/C7H8N2O4S/c1-3(10)8-7-9-6(13)4(14-7)2-5(11)12/h4H,2H2,1H3,(H,11,12)(H,8,9,10,13)/p-1/t4-/m1/s1. The summed E-state index contributed by atoms with van der Waals surface area (Å²) in [6, 6.07) is 0. The normalized spacial score (nSPS) is 20.5. The number of carbonyl (C=O) groups excluding carboxylic acids is 3. The number of rotatable bonds is 2. The van der Waals surface area contributed by atoms with E-state index in [1.807, 2.05) is 0 Å². The molecule has 0 aromatic carbocycles. The van der Waals surface area contributed by atoms with Gasteiger partial charge in [0.15, 0.2) is 5.17 Å². The Balaban J connectivity index is 2.55. The van der Waals surface area contributed by atoms with E-state index in [1.54, 1.807) is 0 Å². The highest BCUT2D eigenvalue weighted by Gasteiger charge is 2.28. The summed E-state index contributed by atoms with van der Waals surface area (Å²) in [4.78, 5) is 35.3. The Kier molecular flexibility index (Phi) is 3.23. The van der Waals surface area contributed by atoms with E-state index in [-0.39, 0.29) is 11.1 Å². The SMILES string of the molecule is CC(=O)NC1=NC(=O)[C@@H](CC(=O)[O-])S1. The van der Waals surface area contributed by atoms with Gasteiger partial charge in [-0.3, -0.25) is 9.59 Å². The van der Waals surface area contributed by atoms with Gasteiger partial charge in [-0.15, -0.1) is 0 Å². The van der Waals surface area contributed by atoms with Gasteiger partial charge in [-0.25, -0.2) is 0 Å². The summed E-state index contributed by atoms with van der Waals surface area (Å²) in [5.74, 6) is -2.21. The van der Waals surface area contributed by atoms with Crippen LogP contribution in [0.15, 0.2) is 4.99 Å².